The van der Waals surface area contributed by atoms with Crippen LogP contribution in [0.1, 0.15) is 34.6 Å². The first-order chi connectivity index (χ1) is 11.8. The summed E-state index contributed by atoms with van der Waals surface area (Å²) >= 11 is 11.5. The second-order valence-electron chi connectivity index (χ2n) is 5.17. The number of esters is 1. The summed E-state index contributed by atoms with van der Waals surface area (Å²) in [7, 11) is 0. The summed E-state index contributed by atoms with van der Waals surface area (Å²) in [6.45, 7) is 2.88. The normalized spacial score (nSPS) is 11.5. The van der Waals surface area contributed by atoms with Crippen LogP contribution in [0.25, 0.3) is 0 Å². The molecule has 1 aromatic carbocycles. The lowest BCUT2D eigenvalue weighted by Crippen LogP contribution is -2.30. The second kappa shape index (κ2) is 8.09. The quantitative estimate of drug-likeness (QED) is 0.484. The molecule has 25 heavy (non-hydrogen) atoms. The fraction of sp³-hybridized carbons (Fsp3) is 0.176. The third kappa shape index (κ3) is 5.01. The van der Waals surface area contributed by atoms with Crippen molar-refractivity contribution in [2.24, 2.45) is 0 Å². The van der Waals surface area contributed by atoms with Crippen LogP contribution < -0.4 is 5.32 Å². The summed E-state index contributed by atoms with van der Waals surface area (Å²) in [5.74, 6) is -1.34. The zero-order valence-electron chi connectivity index (χ0n) is 13.4. The van der Waals surface area contributed by atoms with Crippen molar-refractivity contribution in [2.75, 3.05) is 5.32 Å². The van der Waals surface area contributed by atoms with Gasteiger partial charge in [0, 0.05) is 17.4 Å². The molecule has 0 saturated carbocycles. The van der Waals surface area contributed by atoms with Crippen molar-refractivity contribution in [3.63, 3.8) is 0 Å². The van der Waals surface area contributed by atoms with Gasteiger partial charge < -0.3 is 10.1 Å². The number of pyridine rings is 1. The van der Waals surface area contributed by atoms with Crippen LogP contribution in [0.4, 0.5) is 5.69 Å². The molecule has 1 atom stereocenters. The molecule has 8 heteroatoms. The third-order valence-electron chi connectivity index (χ3n) is 3.24. The van der Waals surface area contributed by atoms with E-state index in [0.717, 1.165) is 0 Å². The Kier molecular flexibility index (Phi) is 6.12. The molecule has 0 spiro atoms. The SMILES string of the molecule is CC(=O)c1ccc(NC(=O)C(C)OC(=O)c2cnc(Cl)c(Cl)c2)cc1. The number of hydrogen-bond acceptors (Lipinski definition) is 5. The van der Waals surface area contributed by atoms with E-state index in [9.17, 15) is 14.4 Å². The van der Waals surface area contributed by atoms with Crippen molar-refractivity contribution < 1.29 is 19.1 Å². The fourth-order valence-corrected chi connectivity index (χ4v) is 2.12. The maximum Gasteiger partial charge on any atom is 0.340 e. The van der Waals surface area contributed by atoms with Crippen molar-refractivity contribution in [3.05, 3.63) is 57.8 Å². The molecule has 130 valence electrons. The average Bonchev–Trinajstić information content (AvgIpc) is 2.57. The lowest BCUT2D eigenvalue weighted by Gasteiger charge is -2.13. The lowest BCUT2D eigenvalue weighted by atomic mass is 10.1. The summed E-state index contributed by atoms with van der Waals surface area (Å²) in [6, 6.07) is 7.68. The van der Waals surface area contributed by atoms with Crippen LogP contribution in [0, 0.1) is 0 Å². The van der Waals surface area contributed by atoms with Crippen LogP contribution in [0.5, 0.6) is 0 Å². The summed E-state index contributed by atoms with van der Waals surface area (Å²) in [4.78, 5) is 39.1. The first kappa shape index (κ1) is 18.9. The minimum Gasteiger partial charge on any atom is -0.449 e. The highest BCUT2D eigenvalue weighted by atomic mass is 35.5. The monoisotopic (exact) mass is 380 g/mol. The standard InChI is InChI=1S/C17H14Cl2N2O4/c1-9(22)11-3-5-13(6-4-11)21-16(23)10(2)25-17(24)12-7-14(18)15(19)20-8-12/h3-8,10H,1-2H3,(H,21,23). The number of halogens is 2. The molecule has 6 nitrogen and oxygen atoms in total. The molecule has 1 unspecified atom stereocenters. The number of rotatable bonds is 5. The number of nitrogens with zero attached hydrogens (tertiary/aromatic N) is 1. The van der Waals surface area contributed by atoms with Crippen molar-refractivity contribution in [2.45, 2.75) is 20.0 Å². The minimum atomic E-state index is -1.05. The molecule has 0 aliphatic carbocycles. The van der Waals surface area contributed by atoms with Crippen LogP contribution in [0.3, 0.4) is 0 Å². The molecule has 0 aliphatic rings. The highest BCUT2D eigenvalue weighted by Crippen LogP contribution is 2.20. The number of nitrogens with one attached hydrogen (secondary N) is 1. The third-order valence-corrected chi connectivity index (χ3v) is 3.93. The van der Waals surface area contributed by atoms with E-state index in [-0.39, 0.29) is 21.5 Å². The van der Waals surface area contributed by atoms with Crippen molar-refractivity contribution in [1.82, 2.24) is 4.98 Å². The maximum atomic E-state index is 12.1. The number of carbonyl (C=O) groups excluding carboxylic acids is 3. The molecule has 0 radical (unpaired) electrons. The van der Waals surface area contributed by atoms with E-state index in [1.54, 1.807) is 24.3 Å². The number of amides is 1. The molecule has 0 saturated heterocycles. The summed E-state index contributed by atoms with van der Waals surface area (Å²) in [5, 5.41) is 2.77. The molecule has 1 heterocycles. The van der Waals surface area contributed by atoms with Gasteiger partial charge in [-0.05, 0) is 44.2 Å². The Balaban J connectivity index is 1.98. The predicted molar refractivity (Wildman–Crippen MR) is 94.2 cm³/mol. The summed E-state index contributed by atoms with van der Waals surface area (Å²) in [6.07, 6.45) is 0.163. The van der Waals surface area contributed by atoms with Crippen LogP contribution in [0.15, 0.2) is 36.5 Å². The summed E-state index contributed by atoms with van der Waals surface area (Å²) < 4.78 is 5.08. The molecule has 0 bridgehead atoms. The highest BCUT2D eigenvalue weighted by Gasteiger charge is 2.20. The van der Waals surface area contributed by atoms with E-state index in [0.29, 0.717) is 11.3 Å². The van der Waals surface area contributed by atoms with E-state index in [4.69, 9.17) is 27.9 Å². The van der Waals surface area contributed by atoms with Gasteiger partial charge in [0.2, 0.25) is 0 Å². The van der Waals surface area contributed by atoms with Gasteiger partial charge in [-0.3, -0.25) is 9.59 Å². The molecular formula is C17H14Cl2N2O4. The van der Waals surface area contributed by atoms with Gasteiger partial charge in [0.05, 0.1) is 10.6 Å². The van der Waals surface area contributed by atoms with Crippen LogP contribution in [0.2, 0.25) is 10.2 Å². The fourth-order valence-electron chi connectivity index (χ4n) is 1.85. The van der Waals surface area contributed by atoms with E-state index >= 15 is 0 Å². The van der Waals surface area contributed by atoms with Gasteiger partial charge in [0.25, 0.3) is 5.91 Å². The number of benzene rings is 1. The Hall–Kier alpha value is -2.44. The zero-order chi connectivity index (χ0) is 18.6. The number of aromatic nitrogens is 1. The molecule has 1 aromatic heterocycles. The molecule has 2 aromatic rings. The van der Waals surface area contributed by atoms with Gasteiger partial charge in [-0.25, -0.2) is 9.78 Å². The maximum absolute atomic E-state index is 12.1. The Morgan fingerprint density at radius 3 is 2.32 bits per heavy atom. The first-order valence-corrected chi connectivity index (χ1v) is 7.97. The molecule has 1 N–H and O–H groups in total. The van der Waals surface area contributed by atoms with E-state index in [1.807, 2.05) is 0 Å². The molecule has 2 rings (SSSR count). The van der Waals surface area contributed by atoms with E-state index in [2.05, 4.69) is 10.3 Å². The Labute approximate surface area is 154 Å². The van der Waals surface area contributed by atoms with Crippen molar-refractivity contribution in [1.29, 1.82) is 0 Å². The zero-order valence-corrected chi connectivity index (χ0v) is 14.9. The number of Topliss-reactive ketones (excluding diaryl/α,β-unsaturated/α-hetero) is 1. The lowest BCUT2D eigenvalue weighted by molar-refractivity contribution is -0.123. The van der Waals surface area contributed by atoms with Gasteiger partial charge in [-0.2, -0.15) is 0 Å². The van der Waals surface area contributed by atoms with Gasteiger partial charge in [-0.1, -0.05) is 23.2 Å². The Morgan fingerprint density at radius 1 is 1.12 bits per heavy atom. The minimum absolute atomic E-state index is 0.0676. The smallest absolute Gasteiger partial charge is 0.340 e. The van der Waals surface area contributed by atoms with Gasteiger partial charge >= 0.3 is 5.97 Å². The number of carbonyl (C=O) groups is 3. The molecule has 0 aliphatic heterocycles. The van der Waals surface area contributed by atoms with Gasteiger partial charge in [-0.15, -0.1) is 0 Å². The van der Waals surface area contributed by atoms with Crippen molar-refractivity contribution in [3.8, 4) is 0 Å². The molecular weight excluding hydrogens is 367 g/mol. The average molecular weight is 381 g/mol. The first-order valence-electron chi connectivity index (χ1n) is 7.22. The molecule has 0 fully saturated rings. The number of hydrogen-bond donors (Lipinski definition) is 1. The largest absolute Gasteiger partial charge is 0.449 e. The van der Waals surface area contributed by atoms with Gasteiger partial charge in [0.15, 0.2) is 11.9 Å². The van der Waals surface area contributed by atoms with E-state index in [1.165, 1.54) is 26.1 Å². The van der Waals surface area contributed by atoms with Crippen LogP contribution in [-0.4, -0.2) is 28.7 Å². The number of anilines is 1. The number of ether oxygens (including phenoxy) is 1. The highest BCUT2D eigenvalue weighted by molar-refractivity contribution is 6.41. The predicted octanol–water partition coefficient (Wildman–Crippen LogP) is 3.78. The van der Waals surface area contributed by atoms with Crippen LogP contribution >= 0.6 is 23.2 Å². The number of ketones is 1. The summed E-state index contributed by atoms with van der Waals surface area (Å²) in [5.41, 5.74) is 1.10. The second-order valence-corrected chi connectivity index (χ2v) is 5.93. The topological polar surface area (TPSA) is 85.4 Å². The Bertz CT molecular complexity index is 822. The van der Waals surface area contributed by atoms with Gasteiger partial charge in [0.1, 0.15) is 5.15 Å². The van der Waals surface area contributed by atoms with Crippen LogP contribution in [-0.2, 0) is 9.53 Å². The van der Waals surface area contributed by atoms with Crippen molar-refractivity contribution >= 4 is 46.5 Å². The Morgan fingerprint density at radius 2 is 1.76 bits per heavy atom. The molecule has 1 amide bonds. The van der Waals surface area contributed by atoms with E-state index < -0.39 is 18.0 Å².